The normalized spacial score (nSPS) is 15.2. The van der Waals surface area contributed by atoms with Crippen molar-refractivity contribution in [3.63, 3.8) is 0 Å². The van der Waals surface area contributed by atoms with Gasteiger partial charge >= 0.3 is 5.97 Å². The lowest BCUT2D eigenvalue weighted by Crippen LogP contribution is -2.39. The van der Waals surface area contributed by atoms with E-state index in [1.54, 1.807) is 32.6 Å². The minimum absolute atomic E-state index is 0.226. The molecule has 1 aliphatic heterocycles. The zero-order valence-electron chi connectivity index (χ0n) is 21.5. The summed E-state index contributed by atoms with van der Waals surface area (Å²) < 4.78 is 19.2. The Bertz CT molecular complexity index is 1550. The fraction of sp³-hybridized carbons (Fsp3) is 0.296. The topological polar surface area (TPSA) is 82.4 Å². The van der Waals surface area contributed by atoms with Crippen LogP contribution in [0.1, 0.15) is 31.0 Å². The van der Waals surface area contributed by atoms with Crippen molar-refractivity contribution in [2.45, 2.75) is 19.9 Å². The smallest absolute Gasteiger partial charge is 0.338 e. The summed E-state index contributed by atoms with van der Waals surface area (Å²) in [5, 5.41) is 0. The van der Waals surface area contributed by atoms with Gasteiger partial charge in [0.05, 0.1) is 46.2 Å². The molecule has 0 bridgehead atoms. The van der Waals surface area contributed by atoms with Crippen LogP contribution in [0.3, 0.4) is 0 Å². The third-order valence-corrected chi connectivity index (χ3v) is 7.78. The lowest BCUT2D eigenvalue weighted by Gasteiger charge is -2.25. The molecule has 0 radical (unpaired) electrons. The first-order chi connectivity index (χ1) is 17.7. The molecule has 37 heavy (non-hydrogen) atoms. The number of hydrogen-bond acceptors (Lipinski definition) is 8. The van der Waals surface area contributed by atoms with Gasteiger partial charge in [0.2, 0.25) is 0 Å². The van der Waals surface area contributed by atoms with E-state index in [2.05, 4.69) is 27.6 Å². The van der Waals surface area contributed by atoms with Crippen molar-refractivity contribution in [3.8, 4) is 11.5 Å². The third-order valence-electron chi connectivity index (χ3n) is 6.00. The number of ether oxygens (including phenoxy) is 3. The second kappa shape index (κ2) is 11.1. The van der Waals surface area contributed by atoms with Crippen LogP contribution in [0.2, 0.25) is 0 Å². The number of rotatable bonds is 7. The molecular weight excluding hydrogens is 605 g/mol. The zero-order chi connectivity index (χ0) is 26.9. The van der Waals surface area contributed by atoms with Crippen molar-refractivity contribution in [1.29, 1.82) is 0 Å². The maximum atomic E-state index is 13.8. The summed E-state index contributed by atoms with van der Waals surface area (Å²) in [7, 11) is 7.09. The summed E-state index contributed by atoms with van der Waals surface area (Å²) in [6.45, 7) is 3.76. The Morgan fingerprint density at radius 2 is 1.89 bits per heavy atom. The molecule has 0 spiro atoms. The number of benzene rings is 2. The van der Waals surface area contributed by atoms with Gasteiger partial charge in [0, 0.05) is 19.8 Å². The summed E-state index contributed by atoms with van der Waals surface area (Å²) in [6.07, 6.45) is 1.81. The van der Waals surface area contributed by atoms with Gasteiger partial charge in [0.25, 0.3) is 5.56 Å². The monoisotopic (exact) mass is 633 g/mol. The van der Waals surface area contributed by atoms with Gasteiger partial charge in [-0.05, 0) is 77.9 Å². The predicted octanol–water partition coefficient (Wildman–Crippen LogP) is 3.49. The fourth-order valence-electron chi connectivity index (χ4n) is 4.23. The Morgan fingerprint density at radius 1 is 1.19 bits per heavy atom. The van der Waals surface area contributed by atoms with E-state index in [1.165, 1.54) is 11.3 Å². The summed E-state index contributed by atoms with van der Waals surface area (Å²) in [6, 6.07) is 10.9. The number of carbonyl (C=O) groups excluding carboxylic acids is 1. The molecule has 1 unspecified atom stereocenters. The molecule has 10 heteroatoms. The molecule has 0 N–H and O–H groups in total. The van der Waals surface area contributed by atoms with Crippen molar-refractivity contribution >= 4 is 51.7 Å². The molecule has 2 aromatic carbocycles. The maximum absolute atomic E-state index is 13.8. The van der Waals surface area contributed by atoms with Crippen LogP contribution in [0.15, 0.2) is 57.5 Å². The van der Waals surface area contributed by atoms with Gasteiger partial charge in [-0.25, -0.2) is 9.79 Å². The fourth-order valence-corrected chi connectivity index (χ4v) is 6.13. The number of fused-ring (bicyclic) bond motifs is 1. The molecule has 8 nitrogen and oxygen atoms in total. The summed E-state index contributed by atoms with van der Waals surface area (Å²) >= 11 is 3.46. The molecule has 0 aliphatic carbocycles. The van der Waals surface area contributed by atoms with Gasteiger partial charge in [-0.1, -0.05) is 23.5 Å². The number of anilines is 1. The first-order valence-corrected chi connectivity index (χ1v) is 13.5. The molecule has 1 aliphatic rings. The number of hydrogen-bond donors (Lipinski definition) is 0. The van der Waals surface area contributed by atoms with Crippen molar-refractivity contribution in [2.24, 2.45) is 4.99 Å². The maximum Gasteiger partial charge on any atom is 0.338 e. The Hall–Kier alpha value is -3.12. The summed E-state index contributed by atoms with van der Waals surface area (Å²) in [4.78, 5) is 34.0. The van der Waals surface area contributed by atoms with E-state index in [0.717, 1.165) is 20.4 Å². The van der Waals surface area contributed by atoms with Crippen LogP contribution in [0, 0.1) is 3.57 Å². The van der Waals surface area contributed by atoms with Crippen LogP contribution >= 0.6 is 33.9 Å². The van der Waals surface area contributed by atoms with Gasteiger partial charge in [-0.2, -0.15) is 0 Å². The molecular formula is C27H28IN3O5S. The van der Waals surface area contributed by atoms with E-state index in [1.807, 2.05) is 61.5 Å². The van der Waals surface area contributed by atoms with Crippen molar-refractivity contribution in [3.05, 3.63) is 82.1 Å². The van der Waals surface area contributed by atoms with Gasteiger partial charge < -0.3 is 19.1 Å². The number of methoxy groups -OCH3 is 2. The van der Waals surface area contributed by atoms with E-state index in [9.17, 15) is 9.59 Å². The lowest BCUT2D eigenvalue weighted by atomic mass is 9.95. The largest absolute Gasteiger partial charge is 0.493 e. The number of aromatic nitrogens is 1. The van der Waals surface area contributed by atoms with Crippen molar-refractivity contribution in [2.75, 3.05) is 39.8 Å². The van der Waals surface area contributed by atoms with E-state index in [4.69, 9.17) is 14.2 Å². The highest BCUT2D eigenvalue weighted by atomic mass is 127. The van der Waals surface area contributed by atoms with Crippen LogP contribution in [-0.4, -0.2) is 45.5 Å². The molecule has 1 atom stereocenters. The predicted molar refractivity (Wildman–Crippen MR) is 153 cm³/mol. The number of nitrogens with zero attached hydrogens (tertiary/aromatic N) is 3. The third kappa shape index (κ3) is 5.17. The van der Waals surface area contributed by atoms with Crippen LogP contribution in [0.5, 0.6) is 11.5 Å². The lowest BCUT2D eigenvalue weighted by molar-refractivity contribution is -0.139. The molecule has 0 saturated carbocycles. The molecule has 0 saturated heterocycles. The van der Waals surface area contributed by atoms with Crippen LogP contribution < -0.4 is 29.3 Å². The van der Waals surface area contributed by atoms with E-state index in [-0.39, 0.29) is 12.2 Å². The van der Waals surface area contributed by atoms with Gasteiger partial charge in [0.15, 0.2) is 16.3 Å². The average molecular weight is 634 g/mol. The molecule has 4 rings (SSSR count). The number of carbonyl (C=O) groups is 1. The zero-order valence-corrected chi connectivity index (χ0v) is 24.5. The SMILES string of the molecule is CCOC(=O)C1=C(C)N=c2s/c(=C\c3cc(I)c(OC)c(OC)c3)c(=O)n2C1c1ccc(N(C)C)cc1. The van der Waals surface area contributed by atoms with Gasteiger partial charge in [-0.15, -0.1) is 0 Å². The van der Waals surface area contributed by atoms with Crippen molar-refractivity contribution < 1.29 is 19.0 Å². The Labute approximate surface area is 232 Å². The first kappa shape index (κ1) is 26.9. The summed E-state index contributed by atoms with van der Waals surface area (Å²) in [5.41, 5.74) is 3.27. The average Bonchev–Trinajstić information content (AvgIpc) is 3.17. The molecule has 2 heterocycles. The number of allylic oxidation sites excluding steroid dienone is 1. The minimum Gasteiger partial charge on any atom is -0.493 e. The van der Waals surface area contributed by atoms with Gasteiger partial charge in [-0.3, -0.25) is 9.36 Å². The Balaban J connectivity index is 1.93. The van der Waals surface area contributed by atoms with Crippen LogP contribution in [-0.2, 0) is 9.53 Å². The second-order valence-corrected chi connectivity index (χ2v) is 10.7. The van der Waals surface area contributed by atoms with Crippen LogP contribution in [0.25, 0.3) is 6.08 Å². The summed E-state index contributed by atoms with van der Waals surface area (Å²) in [5.74, 6) is 0.736. The molecule has 1 aromatic heterocycles. The highest BCUT2D eigenvalue weighted by Gasteiger charge is 2.33. The van der Waals surface area contributed by atoms with E-state index < -0.39 is 12.0 Å². The molecule has 194 valence electrons. The highest BCUT2D eigenvalue weighted by Crippen LogP contribution is 2.34. The van der Waals surface area contributed by atoms with Crippen molar-refractivity contribution in [1.82, 2.24) is 4.57 Å². The number of thiazole rings is 1. The molecule has 0 fully saturated rings. The molecule has 3 aromatic rings. The quantitative estimate of drug-likeness (QED) is 0.293. The van der Waals surface area contributed by atoms with Gasteiger partial charge in [0.1, 0.15) is 0 Å². The standard InChI is InChI=1S/C27H28IN3O5S/c1-7-36-26(33)22-15(2)29-27-31(23(22)17-8-10-18(11-9-17)30(3)4)25(32)21(37-27)14-16-12-19(28)24(35-6)20(13-16)34-5/h8-14,23H,7H2,1-6H3/b21-14-. The molecule has 0 amide bonds. The van der Waals surface area contributed by atoms with Crippen LogP contribution in [0.4, 0.5) is 5.69 Å². The highest BCUT2D eigenvalue weighted by molar-refractivity contribution is 14.1. The second-order valence-electron chi connectivity index (χ2n) is 8.53. The number of esters is 1. The number of halogens is 1. The van der Waals surface area contributed by atoms with E-state index >= 15 is 0 Å². The Kier molecular flexibility index (Phi) is 8.08. The first-order valence-electron chi connectivity index (χ1n) is 11.6. The Morgan fingerprint density at radius 3 is 2.49 bits per heavy atom. The minimum atomic E-state index is -0.654. The van der Waals surface area contributed by atoms with E-state index in [0.29, 0.717) is 32.1 Å².